The number of amides is 3. The third-order valence-electron chi connectivity index (χ3n) is 4.84. The lowest BCUT2D eigenvalue weighted by molar-refractivity contribution is -0.159. The van der Waals surface area contributed by atoms with Crippen LogP contribution in [0.1, 0.15) is 21.7 Å². The van der Waals surface area contributed by atoms with Gasteiger partial charge in [0, 0.05) is 36.3 Å². The van der Waals surface area contributed by atoms with Crippen molar-refractivity contribution in [3.8, 4) is 0 Å². The summed E-state index contributed by atoms with van der Waals surface area (Å²) in [5.74, 6) is -0.346. The molecule has 1 aromatic heterocycles. The third-order valence-corrected chi connectivity index (χ3v) is 5.08. The van der Waals surface area contributed by atoms with Gasteiger partial charge in [0.05, 0.1) is 25.4 Å². The Morgan fingerprint density at radius 3 is 3.04 bits per heavy atom. The molecule has 1 unspecified atom stereocenters. The fraction of sp³-hybridized carbons (Fsp3) is 0.389. The number of aromatic nitrogens is 2. The van der Waals surface area contributed by atoms with Crippen molar-refractivity contribution in [1.82, 2.24) is 19.7 Å². The molecule has 2 aliphatic heterocycles. The zero-order valence-electron chi connectivity index (χ0n) is 15.3. The van der Waals surface area contributed by atoms with Gasteiger partial charge in [-0.3, -0.25) is 14.3 Å². The summed E-state index contributed by atoms with van der Waals surface area (Å²) in [4.78, 5) is 32.5. The highest BCUT2D eigenvalue weighted by Crippen LogP contribution is 2.26. The van der Waals surface area contributed by atoms with E-state index in [1.165, 1.54) is 7.05 Å². The summed E-state index contributed by atoms with van der Waals surface area (Å²) in [6, 6.07) is 6.65. The number of nitrogens with zero attached hydrogens (tertiary/aromatic N) is 4. The average molecular weight is 406 g/mol. The molecule has 0 radical (unpaired) electrons. The first-order chi connectivity index (χ1) is 13.5. The van der Waals surface area contributed by atoms with Crippen molar-refractivity contribution in [2.45, 2.75) is 25.6 Å². The molecule has 3 amide bonds. The third kappa shape index (κ3) is 3.44. The Balaban J connectivity index is 1.58. The molecule has 3 heterocycles. The van der Waals surface area contributed by atoms with Crippen molar-refractivity contribution < 1.29 is 19.5 Å². The van der Waals surface area contributed by atoms with Crippen LogP contribution >= 0.6 is 11.6 Å². The molecule has 0 aliphatic carbocycles. The van der Waals surface area contributed by atoms with E-state index in [1.807, 2.05) is 0 Å². The number of hydrogen-bond acceptors (Lipinski definition) is 5. The molecule has 0 fully saturated rings. The van der Waals surface area contributed by atoms with Crippen LogP contribution in [-0.2, 0) is 24.3 Å². The van der Waals surface area contributed by atoms with Crippen molar-refractivity contribution in [3.05, 3.63) is 46.2 Å². The maximum atomic E-state index is 12.8. The lowest BCUT2D eigenvalue weighted by atomic mass is 10.1. The number of fused-ring (bicyclic) bond motifs is 3. The number of urea groups is 1. The largest absolute Gasteiger partial charge is 0.393 e. The number of hydrogen-bond donors (Lipinski definition) is 2. The van der Waals surface area contributed by atoms with Gasteiger partial charge in [0.15, 0.2) is 0 Å². The molecule has 4 rings (SSSR count). The molecule has 0 saturated carbocycles. The van der Waals surface area contributed by atoms with Crippen molar-refractivity contribution in [3.63, 3.8) is 0 Å². The molecule has 28 heavy (non-hydrogen) atoms. The minimum atomic E-state index is -0.557. The van der Waals surface area contributed by atoms with Crippen LogP contribution in [0.25, 0.3) is 0 Å². The molecule has 1 aromatic carbocycles. The van der Waals surface area contributed by atoms with Gasteiger partial charge in [-0.25, -0.2) is 9.86 Å². The van der Waals surface area contributed by atoms with E-state index in [2.05, 4.69) is 10.4 Å². The van der Waals surface area contributed by atoms with Crippen LogP contribution in [-0.4, -0.2) is 63.1 Å². The highest BCUT2D eigenvalue weighted by atomic mass is 35.5. The summed E-state index contributed by atoms with van der Waals surface area (Å²) in [6.07, 6.45) is -0.0151. The van der Waals surface area contributed by atoms with E-state index in [0.717, 1.165) is 10.8 Å². The van der Waals surface area contributed by atoms with Gasteiger partial charge >= 0.3 is 6.03 Å². The SMILES string of the molecule is CN1OC(CO)Cn2nc3c(c2C1=O)CN(C(=O)Nc1cccc(Cl)c1)CC3. The summed E-state index contributed by atoms with van der Waals surface area (Å²) >= 11 is 5.97. The normalized spacial score (nSPS) is 19.1. The number of anilines is 1. The van der Waals surface area contributed by atoms with Gasteiger partial charge in [-0.05, 0) is 18.2 Å². The number of halogens is 1. The highest BCUT2D eigenvalue weighted by molar-refractivity contribution is 6.30. The van der Waals surface area contributed by atoms with Gasteiger partial charge in [-0.15, -0.1) is 0 Å². The molecule has 9 nitrogen and oxygen atoms in total. The van der Waals surface area contributed by atoms with Crippen LogP contribution in [0, 0.1) is 0 Å². The molecule has 2 aliphatic rings. The topological polar surface area (TPSA) is 99.9 Å². The number of benzene rings is 1. The average Bonchev–Trinajstić information content (AvgIpc) is 2.97. The highest BCUT2D eigenvalue weighted by Gasteiger charge is 2.35. The first-order valence-corrected chi connectivity index (χ1v) is 9.29. The number of hydroxylamine groups is 2. The molecule has 0 bridgehead atoms. The second kappa shape index (κ2) is 7.42. The molecular formula is C18H20ClN5O4. The second-order valence-electron chi connectivity index (χ2n) is 6.78. The summed E-state index contributed by atoms with van der Waals surface area (Å²) in [5.41, 5.74) is 2.51. The number of rotatable bonds is 2. The first-order valence-electron chi connectivity index (χ1n) is 8.92. The Bertz CT molecular complexity index is 931. The van der Waals surface area contributed by atoms with Crippen LogP contribution in [0.5, 0.6) is 0 Å². The summed E-state index contributed by atoms with van der Waals surface area (Å²) in [5, 5.41) is 18.5. The standard InChI is InChI=1S/C18H20ClN5O4/c1-22-17(26)16-14-9-23(18(27)20-12-4-2-3-11(19)7-12)6-5-15(14)21-24(16)8-13(10-25)28-22/h2-4,7,13,25H,5-6,8-10H2,1H3,(H,20,27). The fourth-order valence-electron chi connectivity index (χ4n) is 3.48. The monoisotopic (exact) mass is 405 g/mol. The van der Waals surface area contributed by atoms with E-state index in [-0.39, 0.29) is 31.6 Å². The summed E-state index contributed by atoms with van der Waals surface area (Å²) in [6.45, 7) is 0.791. The van der Waals surface area contributed by atoms with Crippen LogP contribution in [0.2, 0.25) is 5.02 Å². The zero-order valence-corrected chi connectivity index (χ0v) is 16.0. The van der Waals surface area contributed by atoms with E-state index in [0.29, 0.717) is 34.9 Å². The van der Waals surface area contributed by atoms with Gasteiger partial charge in [0.25, 0.3) is 5.91 Å². The summed E-state index contributed by atoms with van der Waals surface area (Å²) < 4.78 is 1.58. The molecule has 2 aromatic rings. The van der Waals surface area contributed by atoms with Crippen LogP contribution < -0.4 is 5.32 Å². The van der Waals surface area contributed by atoms with E-state index >= 15 is 0 Å². The van der Waals surface area contributed by atoms with Gasteiger partial charge in [-0.1, -0.05) is 17.7 Å². The maximum Gasteiger partial charge on any atom is 0.322 e. The van der Waals surface area contributed by atoms with Crippen LogP contribution in [0.3, 0.4) is 0 Å². The van der Waals surface area contributed by atoms with Gasteiger partial charge in [-0.2, -0.15) is 5.10 Å². The molecule has 0 saturated heterocycles. The second-order valence-corrected chi connectivity index (χ2v) is 7.22. The van der Waals surface area contributed by atoms with Gasteiger partial charge in [0.1, 0.15) is 11.8 Å². The quantitative estimate of drug-likeness (QED) is 0.788. The van der Waals surface area contributed by atoms with Crippen molar-refractivity contribution >= 4 is 29.2 Å². The van der Waals surface area contributed by atoms with E-state index in [9.17, 15) is 14.7 Å². The fourth-order valence-corrected chi connectivity index (χ4v) is 3.67. The molecule has 148 valence electrons. The van der Waals surface area contributed by atoms with E-state index < -0.39 is 6.10 Å². The van der Waals surface area contributed by atoms with Crippen molar-refractivity contribution in [2.24, 2.45) is 0 Å². The number of aliphatic hydroxyl groups excluding tert-OH is 1. The summed E-state index contributed by atoms with van der Waals surface area (Å²) in [7, 11) is 1.51. The smallest absolute Gasteiger partial charge is 0.322 e. The lowest BCUT2D eigenvalue weighted by Gasteiger charge is -2.27. The number of nitrogens with one attached hydrogen (secondary N) is 1. The lowest BCUT2D eigenvalue weighted by Crippen LogP contribution is -2.39. The number of carbonyl (C=O) groups excluding carboxylic acids is 2. The van der Waals surface area contributed by atoms with E-state index in [1.54, 1.807) is 33.8 Å². The zero-order chi connectivity index (χ0) is 19.8. The van der Waals surface area contributed by atoms with Crippen LogP contribution in [0.15, 0.2) is 24.3 Å². The Morgan fingerprint density at radius 2 is 2.29 bits per heavy atom. The van der Waals surface area contributed by atoms with Gasteiger partial charge < -0.3 is 15.3 Å². The Hall–Kier alpha value is -2.62. The number of carbonyl (C=O) groups is 2. The van der Waals surface area contributed by atoms with Crippen LogP contribution in [0.4, 0.5) is 10.5 Å². The Morgan fingerprint density at radius 1 is 1.46 bits per heavy atom. The minimum Gasteiger partial charge on any atom is -0.393 e. The van der Waals surface area contributed by atoms with Gasteiger partial charge in [0.2, 0.25) is 0 Å². The molecule has 2 N–H and O–H groups in total. The predicted molar refractivity (Wildman–Crippen MR) is 101 cm³/mol. The Kier molecular flexibility index (Phi) is 4.96. The minimum absolute atomic E-state index is 0.226. The molecule has 1 atom stereocenters. The first kappa shape index (κ1) is 18.7. The molecule has 10 heteroatoms. The van der Waals surface area contributed by atoms with Crippen molar-refractivity contribution in [2.75, 3.05) is 25.5 Å². The number of aliphatic hydroxyl groups is 1. The van der Waals surface area contributed by atoms with E-state index in [4.69, 9.17) is 16.4 Å². The molecule has 0 spiro atoms. The maximum absolute atomic E-state index is 12.8. The predicted octanol–water partition coefficient (Wildman–Crippen LogP) is 1.50. The Labute approximate surface area is 166 Å². The van der Waals surface area contributed by atoms with Crippen molar-refractivity contribution in [1.29, 1.82) is 0 Å². The molecular weight excluding hydrogens is 386 g/mol.